The van der Waals surface area contributed by atoms with Crippen LogP contribution in [0, 0.1) is 0 Å². The lowest BCUT2D eigenvalue weighted by molar-refractivity contribution is -0.0230. The summed E-state index contributed by atoms with van der Waals surface area (Å²) in [7, 11) is 0. The molecule has 24 heavy (non-hydrogen) atoms. The van der Waals surface area contributed by atoms with Gasteiger partial charge in [0.15, 0.2) is 0 Å². The number of pyridine rings is 1. The van der Waals surface area contributed by atoms with Crippen LogP contribution in [0.2, 0.25) is 5.15 Å². The second-order valence-electron chi connectivity index (χ2n) is 6.62. The normalized spacial score (nSPS) is 15.1. The molecule has 6 nitrogen and oxygen atoms in total. The number of halogens is 1. The maximum absolute atomic E-state index is 11.9. The quantitative estimate of drug-likeness (QED) is 0.783. The van der Waals surface area contributed by atoms with E-state index in [4.69, 9.17) is 25.5 Å². The van der Waals surface area contributed by atoms with Crippen LogP contribution in [0.4, 0.5) is 4.79 Å². The van der Waals surface area contributed by atoms with E-state index in [0.29, 0.717) is 24.1 Å². The molecule has 1 aliphatic heterocycles. The molecule has 0 unspecified atom stereocenters. The summed E-state index contributed by atoms with van der Waals surface area (Å²) in [4.78, 5) is 17.8. The van der Waals surface area contributed by atoms with E-state index in [1.165, 1.54) is 0 Å². The fourth-order valence-electron chi connectivity index (χ4n) is 2.29. The highest BCUT2D eigenvalue weighted by Gasteiger charge is 2.35. The van der Waals surface area contributed by atoms with E-state index in [0.717, 1.165) is 11.1 Å². The molecule has 2 aromatic heterocycles. The van der Waals surface area contributed by atoms with Gasteiger partial charge in [-0.15, -0.1) is 0 Å². The summed E-state index contributed by atoms with van der Waals surface area (Å²) in [5.41, 5.74) is 1.15. The molecule has 1 aliphatic rings. The van der Waals surface area contributed by atoms with Crippen molar-refractivity contribution >= 4 is 17.7 Å². The first kappa shape index (κ1) is 16.6. The number of hydrogen-bond acceptors (Lipinski definition) is 5. The van der Waals surface area contributed by atoms with Crippen molar-refractivity contribution in [3.8, 4) is 17.0 Å². The number of carbonyl (C=O) groups is 1. The molecule has 0 aliphatic carbocycles. The summed E-state index contributed by atoms with van der Waals surface area (Å²) in [6.45, 7) is 6.42. The van der Waals surface area contributed by atoms with Gasteiger partial charge in [0.05, 0.1) is 25.6 Å². The average Bonchev–Trinajstić information content (AvgIpc) is 2.94. The Hall–Kier alpha value is -2.21. The zero-order chi connectivity index (χ0) is 17.3. The van der Waals surface area contributed by atoms with Crippen molar-refractivity contribution in [1.82, 2.24) is 9.88 Å². The minimum atomic E-state index is -0.508. The Labute approximate surface area is 145 Å². The van der Waals surface area contributed by atoms with E-state index in [1.807, 2.05) is 32.9 Å². The van der Waals surface area contributed by atoms with E-state index in [9.17, 15) is 4.79 Å². The lowest BCUT2D eigenvalue weighted by Crippen LogP contribution is -2.57. The number of furan rings is 1. The third kappa shape index (κ3) is 3.82. The van der Waals surface area contributed by atoms with Crippen LogP contribution >= 0.6 is 11.6 Å². The molecule has 0 radical (unpaired) electrons. The van der Waals surface area contributed by atoms with Crippen LogP contribution in [-0.2, 0) is 4.74 Å². The van der Waals surface area contributed by atoms with Crippen LogP contribution in [-0.4, -0.2) is 40.8 Å². The Balaban J connectivity index is 1.64. The van der Waals surface area contributed by atoms with Crippen LogP contribution < -0.4 is 4.74 Å². The Kier molecular flexibility index (Phi) is 4.41. The summed E-state index contributed by atoms with van der Waals surface area (Å²) >= 11 is 5.98. The molecule has 0 N–H and O–H groups in total. The van der Waals surface area contributed by atoms with Crippen molar-refractivity contribution in [1.29, 1.82) is 0 Å². The average molecular weight is 351 g/mol. The van der Waals surface area contributed by atoms with Crippen molar-refractivity contribution in [2.75, 3.05) is 13.1 Å². The van der Waals surface area contributed by atoms with Crippen LogP contribution in [0.25, 0.3) is 11.1 Å². The van der Waals surface area contributed by atoms with Crippen molar-refractivity contribution < 1.29 is 18.7 Å². The molecular formula is C17H19ClN2O4. The van der Waals surface area contributed by atoms with Crippen LogP contribution in [0.5, 0.6) is 5.88 Å². The van der Waals surface area contributed by atoms with Gasteiger partial charge in [-0.2, -0.15) is 0 Å². The summed E-state index contributed by atoms with van der Waals surface area (Å²) in [5, 5.41) is 0.348. The first-order valence-electron chi connectivity index (χ1n) is 7.65. The molecule has 0 spiro atoms. The first-order chi connectivity index (χ1) is 11.3. The standard InChI is InChI=1S/C17H19ClN2O4/c1-17(2,3)24-16(21)20-8-12(9-20)23-15-13(4-5-14(18)19-15)11-6-7-22-10-11/h4-7,10,12H,8-9H2,1-3H3. The highest BCUT2D eigenvalue weighted by atomic mass is 35.5. The minimum absolute atomic E-state index is 0.144. The van der Waals surface area contributed by atoms with Gasteiger partial charge in [-0.25, -0.2) is 9.78 Å². The highest BCUT2D eigenvalue weighted by Crippen LogP contribution is 2.32. The number of amides is 1. The zero-order valence-electron chi connectivity index (χ0n) is 13.8. The number of carbonyl (C=O) groups excluding carboxylic acids is 1. The summed E-state index contributed by atoms with van der Waals surface area (Å²) < 4.78 is 16.3. The third-order valence-corrected chi connectivity index (χ3v) is 3.65. The fourth-order valence-corrected chi connectivity index (χ4v) is 2.43. The van der Waals surface area contributed by atoms with E-state index in [-0.39, 0.29) is 12.2 Å². The number of likely N-dealkylation sites (tertiary alicyclic amines) is 1. The molecule has 128 valence electrons. The van der Waals surface area contributed by atoms with E-state index in [1.54, 1.807) is 23.5 Å². The van der Waals surface area contributed by atoms with Crippen LogP contribution in [0.15, 0.2) is 35.1 Å². The molecule has 1 amide bonds. The maximum Gasteiger partial charge on any atom is 0.410 e. The lowest BCUT2D eigenvalue weighted by atomic mass is 10.1. The van der Waals surface area contributed by atoms with Crippen LogP contribution in [0.3, 0.4) is 0 Å². The van der Waals surface area contributed by atoms with Gasteiger partial charge in [0.25, 0.3) is 0 Å². The summed E-state index contributed by atoms with van der Waals surface area (Å²) in [5.74, 6) is 0.428. The van der Waals surface area contributed by atoms with Gasteiger partial charge < -0.3 is 18.8 Å². The topological polar surface area (TPSA) is 64.8 Å². The second-order valence-corrected chi connectivity index (χ2v) is 7.01. The van der Waals surface area contributed by atoms with Crippen molar-refractivity contribution in [3.05, 3.63) is 35.9 Å². The molecule has 3 rings (SSSR count). The van der Waals surface area contributed by atoms with Gasteiger partial charge in [0.2, 0.25) is 5.88 Å². The molecule has 1 fully saturated rings. The van der Waals surface area contributed by atoms with Crippen LogP contribution in [0.1, 0.15) is 20.8 Å². The maximum atomic E-state index is 11.9. The Morgan fingerprint density at radius 3 is 2.71 bits per heavy atom. The van der Waals surface area contributed by atoms with E-state index in [2.05, 4.69) is 4.98 Å². The van der Waals surface area contributed by atoms with Crippen molar-refractivity contribution in [3.63, 3.8) is 0 Å². The largest absolute Gasteiger partial charge is 0.472 e. The number of ether oxygens (including phenoxy) is 2. The molecule has 2 aromatic rings. The first-order valence-corrected chi connectivity index (χ1v) is 8.03. The van der Waals surface area contributed by atoms with E-state index < -0.39 is 5.60 Å². The molecule has 0 atom stereocenters. The highest BCUT2D eigenvalue weighted by molar-refractivity contribution is 6.29. The van der Waals surface area contributed by atoms with Gasteiger partial charge in [-0.05, 0) is 39.0 Å². The molecule has 1 saturated heterocycles. The van der Waals surface area contributed by atoms with Gasteiger partial charge in [0, 0.05) is 11.1 Å². The third-order valence-electron chi connectivity index (χ3n) is 3.44. The summed E-state index contributed by atoms with van der Waals surface area (Å²) in [6, 6.07) is 5.36. The molecular weight excluding hydrogens is 332 g/mol. The second kappa shape index (κ2) is 6.36. The minimum Gasteiger partial charge on any atom is -0.472 e. The molecule has 0 bridgehead atoms. The van der Waals surface area contributed by atoms with Gasteiger partial charge >= 0.3 is 6.09 Å². The number of hydrogen-bond donors (Lipinski definition) is 0. The van der Waals surface area contributed by atoms with Gasteiger partial charge in [-0.1, -0.05) is 11.6 Å². The Morgan fingerprint density at radius 2 is 2.08 bits per heavy atom. The number of rotatable bonds is 3. The molecule has 3 heterocycles. The predicted octanol–water partition coefficient (Wildman–Crippen LogP) is 3.99. The predicted molar refractivity (Wildman–Crippen MR) is 89.2 cm³/mol. The lowest BCUT2D eigenvalue weighted by Gasteiger charge is -2.39. The molecule has 7 heteroatoms. The molecule has 0 saturated carbocycles. The Bertz CT molecular complexity index is 719. The van der Waals surface area contributed by atoms with E-state index >= 15 is 0 Å². The Morgan fingerprint density at radius 1 is 1.33 bits per heavy atom. The monoisotopic (exact) mass is 350 g/mol. The van der Waals surface area contributed by atoms with Gasteiger partial charge in [0.1, 0.15) is 16.9 Å². The summed E-state index contributed by atoms with van der Waals surface area (Å²) in [6.07, 6.45) is 2.72. The molecule has 0 aromatic carbocycles. The number of aromatic nitrogens is 1. The number of nitrogens with zero attached hydrogens (tertiary/aromatic N) is 2. The fraction of sp³-hybridized carbons (Fsp3) is 0.412. The smallest absolute Gasteiger partial charge is 0.410 e. The zero-order valence-corrected chi connectivity index (χ0v) is 14.5. The van der Waals surface area contributed by atoms with Crippen molar-refractivity contribution in [2.24, 2.45) is 0 Å². The van der Waals surface area contributed by atoms with Crippen molar-refractivity contribution in [2.45, 2.75) is 32.5 Å². The van der Waals surface area contributed by atoms with Gasteiger partial charge in [-0.3, -0.25) is 0 Å². The SMILES string of the molecule is CC(C)(C)OC(=O)N1CC(Oc2nc(Cl)ccc2-c2ccoc2)C1.